The van der Waals surface area contributed by atoms with E-state index in [2.05, 4.69) is 5.43 Å². The van der Waals surface area contributed by atoms with Gasteiger partial charge in [0.05, 0.1) is 6.04 Å². The molecule has 2 nitrogen and oxygen atoms in total. The number of fused-ring (bicyclic) bond motifs is 1. The molecule has 0 bridgehead atoms. The quantitative estimate of drug-likeness (QED) is 0.671. The number of nitrogens with two attached hydrogens (primary N) is 1. The first-order valence-corrected chi connectivity index (χ1v) is 7.74. The molecule has 0 saturated carbocycles. The molecule has 0 radical (unpaired) electrons. The summed E-state index contributed by atoms with van der Waals surface area (Å²) in [5.41, 5.74) is 4.15. The molecule has 0 saturated heterocycles. The average Bonchev–Trinajstić information content (AvgIpc) is 2.91. The molecule has 2 unspecified atom stereocenters. The number of hydrogen-bond donors (Lipinski definition) is 2. The normalized spacial score (nSPS) is 18.6. The minimum atomic E-state index is -0.582. The van der Waals surface area contributed by atoms with Crippen LogP contribution < -0.4 is 11.3 Å². The van der Waals surface area contributed by atoms with Crippen molar-refractivity contribution in [3.63, 3.8) is 0 Å². The number of benzene rings is 2. The van der Waals surface area contributed by atoms with Crippen LogP contribution in [-0.4, -0.2) is 5.75 Å². The molecule has 21 heavy (non-hydrogen) atoms. The van der Waals surface area contributed by atoms with E-state index < -0.39 is 17.7 Å². The highest BCUT2D eigenvalue weighted by molar-refractivity contribution is 7.99. The molecule has 1 aliphatic heterocycles. The Morgan fingerprint density at radius 1 is 1.24 bits per heavy atom. The highest BCUT2D eigenvalue weighted by atomic mass is 32.2. The van der Waals surface area contributed by atoms with Crippen molar-refractivity contribution >= 4 is 11.8 Å². The maximum absolute atomic E-state index is 14.4. The van der Waals surface area contributed by atoms with Crippen LogP contribution in [0, 0.1) is 18.6 Å². The standard InChI is InChI=1S/C16H16F2N2S/c1-9-6-7-12(17)14(15(9)18)16(20-19)11-8-21-13-5-3-2-4-10(11)13/h2-7,11,16,20H,8,19H2,1H3. The zero-order valence-electron chi connectivity index (χ0n) is 11.6. The lowest BCUT2D eigenvalue weighted by Gasteiger charge is -2.25. The fraction of sp³-hybridized carbons (Fsp3) is 0.250. The molecule has 0 fully saturated rings. The second kappa shape index (κ2) is 5.75. The lowest BCUT2D eigenvalue weighted by molar-refractivity contribution is 0.432. The van der Waals surface area contributed by atoms with E-state index in [0.29, 0.717) is 5.56 Å². The second-order valence-corrected chi connectivity index (χ2v) is 6.25. The van der Waals surface area contributed by atoms with Crippen LogP contribution in [0.3, 0.4) is 0 Å². The molecule has 0 amide bonds. The number of hydrazine groups is 1. The van der Waals surface area contributed by atoms with Crippen LogP contribution in [0.15, 0.2) is 41.3 Å². The summed E-state index contributed by atoms with van der Waals surface area (Å²) in [5, 5.41) is 0. The van der Waals surface area contributed by atoms with Gasteiger partial charge in [-0.15, -0.1) is 11.8 Å². The number of hydrogen-bond acceptors (Lipinski definition) is 3. The van der Waals surface area contributed by atoms with Crippen molar-refractivity contribution in [1.29, 1.82) is 0 Å². The molecular weight excluding hydrogens is 290 g/mol. The average molecular weight is 306 g/mol. The molecule has 5 heteroatoms. The van der Waals surface area contributed by atoms with Crippen LogP contribution in [0.1, 0.15) is 28.7 Å². The molecule has 2 atom stereocenters. The summed E-state index contributed by atoms with van der Waals surface area (Å²) in [6.45, 7) is 1.63. The van der Waals surface area contributed by atoms with Gasteiger partial charge in [-0.05, 0) is 30.2 Å². The van der Waals surface area contributed by atoms with E-state index in [9.17, 15) is 8.78 Å². The second-order valence-electron chi connectivity index (χ2n) is 5.19. The zero-order chi connectivity index (χ0) is 15.0. The summed E-state index contributed by atoms with van der Waals surface area (Å²) in [5.74, 6) is 5.25. The van der Waals surface area contributed by atoms with Gasteiger partial charge >= 0.3 is 0 Å². The van der Waals surface area contributed by atoms with E-state index in [1.54, 1.807) is 18.7 Å². The predicted molar refractivity (Wildman–Crippen MR) is 81.1 cm³/mol. The monoisotopic (exact) mass is 306 g/mol. The topological polar surface area (TPSA) is 38.0 Å². The number of thioether (sulfide) groups is 1. The minimum absolute atomic E-state index is 0.0276. The Kier molecular flexibility index (Phi) is 3.97. The van der Waals surface area contributed by atoms with Gasteiger partial charge in [0.2, 0.25) is 0 Å². The Morgan fingerprint density at radius 2 is 2.00 bits per heavy atom. The van der Waals surface area contributed by atoms with Crippen LogP contribution in [0.5, 0.6) is 0 Å². The first kappa shape index (κ1) is 14.5. The fourth-order valence-electron chi connectivity index (χ4n) is 2.83. The summed E-state index contributed by atoms with van der Waals surface area (Å²) in [7, 11) is 0. The molecule has 0 spiro atoms. The summed E-state index contributed by atoms with van der Waals surface area (Å²) >= 11 is 1.69. The highest BCUT2D eigenvalue weighted by Crippen LogP contribution is 2.46. The molecule has 1 aliphatic rings. The van der Waals surface area contributed by atoms with E-state index in [1.165, 1.54) is 12.1 Å². The van der Waals surface area contributed by atoms with Crippen LogP contribution in [-0.2, 0) is 0 Å². The number of nitrogens with one attached hydrogen (secondary N) is 1. The molecule has 3 rings (SSSR count). The Bertz CT molecular complexity index is 675. The van der Waals surface area contributed by atoms with Gasteiger partial charge in [0.15, 0.2) is 0 Å². The summed E-state index contributed by atoms with van der Waals surface area (Å²) in [6, 6.07) is 10.1. The minimum Gasteiger partial charge on any atom is -0.271 e. The number of rotatable bonds is 3. The summed E-state index contributed by atoms with van der Waals surface area (Å²) in [6.07, 6.45) is 0. The van der Waals surface area contributed by atoms with Gasteiger partial charge in [0.25, 0.3) is 0 Å². The third kappa shape index (κ3) is 2.46. The fourth-order valence-corrected chi connectivity index (χ4v) is 4.12. The lowest BCUT2D eigenvalue weighted by Crippen LogP contribution is -2.34. The van der Waals surface area contributed by atoms with Crippen LogP contribution in [0.2, 0.25) is 0 Å². The van der Waals surface area contributed by atoms with Crippen LogP contribution in [0.4, 0.5) is 8.78 Å². The van der Waals surface area contributed by atoms with Gasteiger partial charge in [-0.1, -0.05) is 24.3 Å². The summed E-state index contributed by atoms with van der Waals surface area (Å²) < 4.78 is 28.5. The van der Waals surface area contributed by atoms with Gasteiger partial charge in [-0.3, -0.25) is 11.3 Å². The van der Waals surface area contributed by atoms with E-state index in [4.69, 9.17) is 5.84 Å². The maximum Gasteiger partial charge on any atom is 0.133 e. The van der Waals surface area contributed by atoms with E-state index >= 15 is 0 Å². The SMILES string of the molecule is Cc1ccc(F)c(C(NN)C2CSc3ccccc32)c1F. The third-order valence-corrected chi connectivity index (χ3v) is 5.16. The van der Waals surface area contributed by atoms with Crippen molar-refractivity contribution in [1.82, 2.24) is 5.43 Å². The van der Waals surface area contributed by atoms with Crippen LogP contribution in [0.25, 0.3) is 0 Å². The van der Waals surface area contributed by atoms with Gasteiger partial charge in [0.1, 0.15) is 11.6 Å². The zero-order valence-corrected chi connectivity index (χ0v) is 12.4. The Morgan fingerprint density at radius 3 is 2.76 bits per heavy atom. The highest BCUT2D eigenvalue weighted by Gasteiger charge is 2.34. The van der Waals surface area contributed by atoms with Crippen molar-refractivity contribution in [3.05, 3.63) is 64.7 Å². The van der Waals surface area contributed by atoms with Crippen molar-refractivity contribution in [3.8, 4) is 0 Å². The van der Waals surface area contributed by atoms with Crippen molar-refractivity contribution in [2.24, 2.45) is 5.84 Å². The first-order chi connectivity index (χ1) is 10.1. The van der Waals surface area contributed by atoms with Gasteiger partial charge in [0, 0.05) is 22.1 Å². The number of halogens is 2. The Labute approximate surface area is 126 Å². The molecule has 110 valence electrons. The predicted octanol–water partition coefficient (Wildman–Crippen LogP) is 3.67. The van der Waals surface area contributed by atoms with Crippen molar-refractivity contribution in [2.75, 3.05) is 5.75 Å². The third-order valence-electron chi connectivity index (χ3n) is 3.95. The molecule has 0 aliphatic carbocycles. The van der Waals surface area contributed by atoms with Crippen molar-refractivity contribution < 1.29 is 8.78 Å². The van der Waals surface area contributed by atoms with Gasteiger partial charge < -0.3 is 0 Å². The maximum atomic E-state index is 14.4. The molecule has 2 aromatic carbocycles. The number of aryl methyl sites for hydroxylation is 1. The smallest absolute Gasteiger partial charge is 0.133 e. The molecule has 0 aromatic heterocycles. The van der Waals surface area contributed by atoms with E-state index in [0.717, 1.165) is 16.2 Å². The lowest BCUT2D eigenvalue weighted by atomic mass is 9.87. The first-order valence-electron chi connectivity index (χ1n) is 6.76. The summed E-state index contributed by atoms with van der Waals surface area (Å²) in [4.78, 5) is 1.15. The molecule has 3 N–H and O–H groups in total. The van der Waals surface area contributed by atoms with Crippen molar-refractivity contribution in [2.45, 2.75) is 23.8 Å². The van der Waals surface area contributed by atoms with E-state index in [1.807, 2.05) is 24.3 Å². The largest absolute Gasteiger partial charge is 0.271 e. The van der Waals surface area contributed by atoms with E-state index in [-0.39, 0.29) is 11.5 Å². The Balaban J connectivity index is 2.07. The molecule has 2 aromatic rings. The van der Waals surface area contributed by atoms with Gasteiger partial charge in [-0.2, -0.15) is 0 Å². The molecule has 1 heterocycles. The molecular formula is C16H16F2N2S. The van der Waals surface area contributed by atoms with Gasteiger partial charge in [-0.25, -0.2) is 8.78 Å². The van der Waals surface area contributed by atoms with Crippen LogP contribution >= 0.6 is 11.8 Å². The Hall–Kier alpha value is -1.43.